The molecule has 0 saturated heterocycles. The summed E-state index contributed by atoms with van der Waals surface area (Å²) in [6, 6.07) is 0. The summed E-state index contributed by atoms with van der Waals surface area (Å²) in [6.45, 7) is 2.31. The van der Waals surface area contributed by atoms with Crippen molar-refractivity contribution in [1.82, 2.24) is 9.71 Å². The Morgan fingerprint density at radius 3 is 2.72 bits per heavy atom. The van der Waals surface area contributed by atoms with Crippen LogP contribution in [0.3, 0.4) is 0 Å². The zero-order valence-electron chi connectivity index (χ0n) is 9.93. The fourth-order valence-electron chi connectivity index (χ4n) is 1.26. The number of nitrogens with one attached hydrogen (secondary N) is 2. The van der Waals surface area contributed by atoms with Gasteiger partial charge in [-0.1, -0.05) is 11.3 Å². The molecule has 0 bridgehead atoms. The van der Waals surface area contributed by atoms with E-state index in [4.69, 9.17) is 9.84 Å². The van der Waals surface area contributed by atoms with Crippen LogP contribution in [0.15, 0.2) is 9.00 Å². The first-order chi connectivity index (χ1) is 8.47. The lowest BCUT2D eigenvalue weighted by Gasteiger charge is -2.05. The molecule has 0 aliphatic carbocycles. The summed E-state index contributed by atoms with van der Waals surface area (Å²) in [5, 5.41) is 8.47. The highest BCUT2D eigenvalue weighted by Crippen LogP contribution is 2.14. The molecule has 0 unspecified atom stereocenters. The average Bonchev–Trinajstić information content (AvgIpc) is 2.63. The highest BCUT2D eigenvalue weighted by atomic mass is 32.2. The van der Waals surface area contributed by atoms with Crippen molar-refractivity contribution in [3.05, 3.63) is 15.4 Å². The summed E-state index contributed by atoms with van der Waals surface area (Å²) in [6.07, 6.45) is 0.498. The van der Waals surface area contributed by atoms with E-state index in [1.165, 1.54) is 6.92 Å². The standard InChI is InChI=1S/C9H16N2O5S2/c1-7-8(17-9(13)11-7)18(14,15)10-3-2-5-16-6-4-12/h10,12H,2-6H2,1H3,(H,11,13). The molecular formula is C9H16N2O5S2. The number of hydrogen-bond donors (Lipinski definition) is 3. The van der Waals surface area contributed by atoms with Crippen LogP contribution in [0.5, 0.6) is 0 Å². The molecule has 0 aromatic carbocycles. The quantitative estimate of drug-likeness (QED) is 0.556. The van der Waals surface area contributed by atoms with Crippen molar-refractivity contribution < 1.29 is 18.3 Å². The Morgan fingerprint density at radius 2 is 2.17 bits per heavy atom. The number of aliphatic hydroxyl groups excluding tert-OH is 1. The van der Waals surface area contributed by atoms with Gasteiger partial charge in [0.2, 0.25) is 0 Å². The van der Waals surface area contributed by atoms with E-state index in [0.717, 1.165) is 0 Å². The maximum atomic E-state index is 11.8. The second kappa shape index (κ2) is 7.00. The fraction of sp³-hybridized carbons (Fsp3) is 0.667. The molecular weight excluding hydrogens is 280 g/mol. The summed E-state index contributed by atoms with van der Waals surface area (Å²) in [5.74, 6) is 0. The lowest BCUT2D eigenvalue weighted by Crippen LogP contribution is -2.25. The molecule has 0 atom stereocenters. The molecule has 0 aliphatic heterocycles. The summed E-state index contributed by atoms with van der Waals surface area (Å²) in [4.78, 5) is 13.1. The third-order valence-corrected chi connectivity index (χ3v) is 5.08. The molecule has 1 heterocycles. The maximum Gasteiger partial charge on any atom is 0.305 e. The van der Waals surface area contributed by atoms with Gasteiger partial charge in [0.05, 0.1) is 13.2 Å². The highest BCUT2D eigenvalue weighted by Gasteiger charge is 2.19. The molecule has 0 radical (unpaired) electrons. The average molecular weight is 296 g/mol. The Labute approximate surface area is 109 Å². The topological polar surface area (TPSA) is 108 Å². The van der Waals surface area contributed by atoms with Gasteiger partial charge < -0.3 is 14.8 Å². The van der Waals surface area contributed by atoms with Crippen LogP contribution in [0.1, 0.15) is 12.1 Å². The van der Waals surface area contributed by atoms with Crippen molar-refractivity contribution in [3.8, 4) is 0 Å². The molecule has 9 heteroatoms. The molecule has 3 N–H and O–H groups in total. The van der Waals surface area contributed by atoms with Gasteiger partial charge >= 0.3 is 4.87 Å². The number of rotatable bonds is 8. The maximum absolute atomic E-state index is 11.8. The minimum atomic E-state index is -3.63. The van der Waals surface area contributed by atoms with E-state index in [-0.39, 0.29) is 28.8 Å². The monoisotopic (exact) mass is 296 g/mol. The molecule has 7 nitrogen and oxygen atoms in total. The molecule has 0 spiro atoms. The summed E-state index contributed by atoms with van der Waals surface area (Å²) < 4.78 is 31.0. The van der Waals surface area contributed by atoms with Crippen LogP contribution in [0.4, 0.5) is 0 Å². The number of ether oxygens (including phenoxy) is 1. The Balaban J connectivity index is 2.46. The smallest absolute Gasteiger partial charge is 0.305 e. The summed E-state index contributed by atoms with van der Waals surface area (Å²) >= 11 is 0.667. The van der Waals surface area contributed by atoms with Crippen LogP contribution in [-0.2, 0) is 14.8 Å². The minimum absolute atomic E-state index is 0.0174. The van der Waals surface area contributed by atoms with Crippen molar-refractivity contribution in [2.24, 2.45) is 0 Å². The number of aromatic nitrogens is 1. The van der Waals surface area contributed by atoms with Crippen LogP contribution in [-0.4, -0.2) is 44.9 Å². The van der Waals surface area contributed by atoms with Crippen molar-refractivity contribution in [3.63, 3.8) is 0 Å². The van der Waals surface area contributed by atoms with E-state index in [1.54, 1.807) is 0 Å². The van der Waals surface area contributed by atoms with Gasteiger partial charge in [-0.3, -0.25) is 4.79 Å². The molecule has 0 fully saturated rings. The van der Waals surface area contributed by atoms with Crippen LogP contribution < -0.4 is 9.60 Å². The predicted molar refractivity (Wildman–Crippen MR) is 67.4 cm³/mol. The van der Waals surface area contributed by atoms with Gasteiger partial charge in [-0.2, -0.15) is 0 Å². The first kappa shape index (κ1) is 15.3. The van der Waals surface area contributed by atoms with E-state index in [9.17, 15) is 13.2 Å². The van der Waals surface area contributed by atoms with Crippen LogP contribution in [0, 0.1) is 6.92 Å². The molecule has 1 rings (SSSR count). The van der Waals surface area contributed by atoms with Gasteiger partial charge in [0.25, 0.3) is 10.0 Å². The Bertz CT molecular complexity index is 519. The fourth-order valence-corrected chi connectivity index (χ4v) is 3.68. The third-order valence-electron chi connectivity index (χ3n) is 2.02. The van der Waals surface area contributed by atoms with E-state index in [1.807, 2.05) is 0 Å². The van der Waals surface area contributed by atoms with Gasteiger partial charge in [-0.25, -0.2) is 13.1 Å². The minimum Gasteiger partial charge on any atom is -0.394 e. The normalized spacial score (nSPS) is 11.9. The molecule has 18 heavy (non-hydrogen) atoms. The number of aliphatic hydroxyl groups is 1. The van der Waals surface area contributed by atoms with Gasteiger partial charge in [-0.05, 0) is 13.3 Å². The summed E-state index contributed by atoms with van der Waals surface area (Å²) in [5.41, 5.74) is 0.342. The van der Waals surface area contributed by atoms with Crippen LogP contribution in [0.2, 0.25) is 0 Å². The molecule has 104 valence electrons. The van der Waals surface area contributed by atoms with Crippen LogP contribution >= 0.6 is 11.3 Å². The number of H-pyrrole nitrogens is 1. The number of aromatic amines is 1. The van der Waals surface area contributed by atoms with Crippen molar-refractivity contribution in [2.45, 2.75) is 17.6 Å². The molecule has 1 aromatic heterocycles. The van der Waals surface area contributed by atoms with Crippen molar-refractivity contribution in [2.75, 3.05) is 26.4 Å². The van der Waals surface area contributed by atoms with E-state index in [0.29, 0.717) is 30.1 Å². The molecule has 0 amide bonds. The predicted octanol–water partition coefficient (Wildman–Crippen LogP) is -0.578. The zero-order chi connectivity index (χ0) is 13.6. The second-order valence-electron chi connectivity index (χ2n) is 3.51. The number of thiazole rings is 1. The molecule has 0 aliphatic rings. The first-order valence-electron chi connectivity index (χ1n) is 5.35. The zero-order valence-corrected chi connectivity index (χ0v) is 11.6. The highest BCUT2D eigenvalue weighted by molar-refractivity contribution is 7.91. The molecule has 1 aromatic rings. The second-order valence-corrected chi connectivity index (χ2v) is 6.46. The van der Waals surface area contributed by atoms with Gasteiger partial charge in [-0.15, -0.1) is 0 Å². The first-order valence-corrected chi connectivity index (χ1v) is 7.65. The number of hydrogen-bond acceptors (Lipinski definition) is 6. The van der Waals surface area contributed by atoms with E-state index in [2.05, 4.69) is 9.71 Å². The lowest BCUT2D eigenvalue weighted by molar-refractivity contribution is 0.0913. The summed E-state index contributed by atoms with van der Waals surface area (Å²) in [7, 11) is -3.63. The largest absolute Gasteiger partial charge is 0.394 e. The van der Waals surface area contributed by atoms with Crippen molar-refractivity contribution >= 4 is 21.4 Å². The van der Waals surface area contributed by atoms with E-state index >= 15 is 0 Å². The SMILES string of the molecule is Cc1[nH]c(=O)sc1S(=O)(=O)NCCCOCCO. The Hall–Kier alpha value is -0.740. The lowest BCUT2D eigenvalue weighted by atomic mass is 10.5. The van der Waals surface area contributed by atoms with E-state index < -0.39 is 10.0 Å². The van der Waals surface area contributed by atoms with Gasteiger partial charge in [0.1, 0.15) is 0 Å². The van der Waals surface area contributed by atoms with Gasteiger partial charge in [0.15, 0.2) is 4.21 Å². The van der Waals surface area contributed by atoms with Gasteiger partial charge in [0, 0.05) is 18.8 Å². The molecule has 0 saturated carbocycles. The van der Waals surface area contributed by atoms with Crippen LogP contribution in [0.25, 0.3) is 0 Å². The number of sulfonamides is 1. The third kappa shape index (κ3) is 4.50. The Kier molecular flexibility index (Phi) is 5.96. The van der Waals surface area contributed by atoms with Crippen molar-refractivity contribution in [1.29, 1.82) is 0 Å². The number of aryl methyl sites for hydroxylation is 1. The Morgan fingerprint density at radius 1 is 1.44 bits per heavy atom.